The number of ether oxygens (including phenoxy) is 2. The van der Waals surface area contributed by atoms with E-state index >= 15 is 0 Å². The number of aliphatic hydroxyl groups excluding tert-OH is 1. The summed E-state index contributed by atoms with van der Waals surface area (Å²) in [6, 6.07) is 6.70. The largest absolute Gasteiger partial charge is 0.494 e. The summed E-state index contributed by atoms with van der Waals surface area (Å²) in [6.45, 7) is 2.28. The highest BCUT2D eigenvalue weighted by atomic mass is 16.5. The predicted octanol–water partition coefficient (Wildman–Crippen LogP) is 0.491. The summed E-state index contributed by atoms with van der Waals surface area (Å²) >= 11 is 0. The molecule has 0 radical (unpaired) electrons. The van der Waals surface area contributed by atoms with Gasteiger partial charge in [-0.25, -0.2) is 0 Å². The molecule has 18 heavy (non-hydrogen) atoms. The fraction of sp³-hybridized carbons (Fsp3) is 0.462. The second-order valence-corrected chi connectivity index (χ2v) is 3.78. The topological polar surface area (TPSA) is 81.8 Å². The molecule has 0 aliphatic heterocycles. The number of carbonyl (C=O) groups excluding carboxylic acids is 1. The Morgan fingerprint density at radius 2 is 2.28 bits per heavy atom. The number of carbonyl (C=O) groups is 1. The molecule has 0 heterocycles. The van der Waals surface area contributed by atoms with Crippen LogP contribution in [0.25, 0.3) is 0 Å². The SMILES string of the molecule is CCOc1cccc(C[C@H](N)C(=O)OCCO)c1. The number of nitrogens with two attached hydrogens (primary N) is 1. The van der Waals surface area contributed by atoms with Crippen LogP contribution in [0.2, 0.25) is 0 Å². The lowest BCUT2D eigenvalue weighted by molar-refractivity contribution is -0.146. The van der Waals surface area contributed by atoms with Crippen LogP contribution in [-0.4, -0.2) is 36.9 Å². The number of hydrogen-bond donors (Lipinski definition) is 2. The first-order valence-corrected chi connectivity index (χ1v) is 5.92. The summed E-state index contributed by atoms with van der Waals surface area (Å²) < 4.78 is 10.1. The summed E-state index contributed by atoms with van der Waals surface area (Å²) in [5, 5.41) is 8.55. The van der Waals surface area contributed by atoms with Gasteiger partial charge in [-0.1, -0.05) is 12.1 Å². The maximum atomic E-state index is 11.4. The van der Waals surface area contributed by atoms with Gasteiger partial charge in [0.15, 0.2) is 0 Å². The highest BCUT2D eigenvalue weighted by Crippen LogP contribution is 2.14. The van der Waals surface area contributed by atoms with Gasteiger partial charge in [-0.15, -0.1) is 0 Å². The quantitative estimate of drug-likeness (QED) is 0.691. The average Bonchev–Trinajstić information content (AvgIpc) is 2.36. The normalized spacial score (nSPS) is 11.9. The Kier molecular flexibility index (Phi) is 6.18. The van der Waals surface area contributed by atoms with E-state index in [4.69, 9.17) is 20.3 Å². The van der Waals surface area contributed by atoms with Gasteiger partial charge in [-0.3, -0.25) is 4.79 Å². The number of aliphatic hydroxyl groups is 1. The number of benzene rings is 1. The lowest BCUT2D eigenvalue weighted by Crippen LogP contribution is -2.34. The Labute approximate surface area is 107 Å². The molecule has 0 aliphatic rings. The monoisotopic (exact) mass is 253 g/mol. The second-order valence-electron chi connectivity index (χ2n) is 3.78. The van der Waals surface area contributed by atoms with Crippen molar-refractivity contribution < 1.29 is 19.4 Å². The van der Waals surface area contributed by atoms with E-state index in [0.29, 0.717) is 13.0 Å². The number of esters is 1. The number of hydrogen-bond acceptors (Lipinski definition) is 5. The van der Waals surface area contributed by atoms with Gasteiger partial charge >= 0.3 is 5.97 Å². The standard InChI is InChI=1S/C13H19NO4/c1-2-17-11-5-3-4-10(8-11)9-12(14)13(16)18-7-6-15/h3-5,8,12,15H,2,6-7,9,14H2,1H3/t12-/m0/s1. The molecule has 0 saturated heterocycles. The maximum absolute atomic E-state index is 11.4. The Balaban J connectivity index is 2.55. The van der Waals surface area contributed by atoms with E-state index in [-0.39, 0.29) is 13.2 Å². The van der Waals surface area contributed by atoms with Crippen LogP contribution in [0.15, 0.2) is 24.3 Å². The Morgan fingerprint density at radius 3 is 2.94 bits per heavy atom. The summed E-state index contributed by atoms with van der Waals surface area (Å²) in [5.41, 5.74) is 6.63. The van der Waals surface area contributed by atoms with Crippen LogP contribution in [0.1, 0.15) is 12.5 Å². The molecular formula is C13H19NO4. The van der Waals surface area contributed by atoms with Gasteiger partial charge in [0.05, 0.1) is 13.2 Å². The number of rotatable bonds is 7. The van der Waals surface area contributed by atoms with Gasteiger partial charge in [0.1, 0.15) is 18.4 Å². The first kappa shape index (κ1) is 14.5. The first-order valence-electron chi connectivity index (χ1n) is 5.92. The van der Waals surface area contributed by atoms with Crippen LogP contribution in [0.3, 0.4) is 0 Å². The zero-order chi connectivity index (χ0) is 13.4. The molecule has 0 aliphatic carbocycles. The van der Waals surface area contributed by atoms with E-state index in [1.807, 2.05) is 31.2 Å². The summed E-state index contributed by atoms with van der Waals surface area (Å²) in [6.07, 6.45) is 0.380. The van der Waals surface area contributed by atoms with E-state index in [2.05, 4.69) is 0 Å². The third-order valence-corrected chi connectivity index (χ3v) is 2.30. The molecule has 0 fully saturated rings. The zero-order valence-corrected chi connectivity index (χ0v) is 10.5. The van der Waals surface area contributed by atoms with E-state index < -0.39 is 12.0 Å². The zero-order valence-electron chi connectivity index (χ0n) is 10.5. The fourth-order valence-electron chi connectivity index (χ4n) is 1.52. The second kappa shape index (κ2) is 7.68. The summed E-state index contributed by atoms with van der Waals surface area (Å²) in [5.74, 6) is 0.247. The van der Waals surface area contributed by atoms with Gasteiger partial charge in [0.25, 0.3) is 0 Å². The Bertz CT molecular complexity index is 381. The average molecular weight is 253 g/mol. The Hall–Kier alpha value is -1.59. The van der Waals surface area contributed by atoms with Gasteiger partial charge in [0.2, 0.25) is 0 Å². The third-order valence-electron chi connectivity index (χ3n) is 2.30. The Morgan fingerprint density at radius 1 is 1.50 bits per heavy atom. The van der Waals surface area contributed by atoms with E-state index in [1.165, 1.54) is 0 Å². The molecule has 0 spiro atoms. The van der Waals surface area contributed by atoms with Crippen molar-refractivity contribution in [3.05, 3.63) is 29.8 Å². The molecule has 5 heteroatoms. The van der Waals surface area contributed by atoms with E-state index in [0.717, 1.165) is 11.3 Å². The minimum absolute atomic E-state index is 0.0223. The minimum atomic E-state index is -0.728. The van der Waals surface area contributed by atoms with Gasteiger partial charge in [0, 0.05) is 0 Å². The molecular weight excluding hydrogens is 234 g/mol. The van der Waals surface area contributed by atoms with Crippen molar-refractivity contribution in [1.29, 1.82) is 0 Å². The highest BCUT2D eigenvalue weighted by molar-refractivity contribution is 5.75. The van der Waals surface area contributed by atoms with Crippen LogP contribution in [-0.2, 0) is 16.0 Å². The molecule has 100 valence electrons. The molecule has 0 saturated carbocycles. The third kappa shape index (κ3) is 4.73. The molecule has 3 N–H and O–H groups in total. The van der Waals surface area contributed by atoms with E-state index in [1.54, 1.807) is 0 Å². The van der Waals surface area contributed by atoms with Crippen molar-refractivity contribution in [1.82, 2.24) is 0 Å². The van der Waals surface area contributed by atoms with Crippen LogP contribution in [0.4, 0.5) is 0 Å². The minimum Gasteiger partial charge on any atom is -0.494 e. The van der Waals surface area contributed by atoms with Crippen molar-refractivity contribution >= 4 is 5.97 Å². The predicted molar refractivity (Wildman–Crippen MR) is 67.3 cm³/mol. The van der Waals surface area contributed by atoms with Crippen molar-refractivity contribution in [2.24, 2.45) is 5.73 Å². The smallest absolute Gasteiger partial charge is 0.323 e. The molecule has 1 atom stereocenters. The molecule has 0 aromatic heterocycles. The van der Waals surface area contributed by atoms with Crippen LogP contribution in [0.5, 0.6) is 5.75 Å². The van der Waals surface area contributed by atoms with Crippen LogP contribution < -0.4 is 10.5 Å². The molecule has 0 unspecified atom stereocenters. The highest BCUT2D eigenvalue weighted by Gasteiger charge is 2.15. The van der Waals surface area contributed by atoms with Gasteiger partial charge in [-0.2, -0.15) is 0 Å². The molecule has 1 aromatic rings. The molecule has 5 nitrogen and oxygen atoms in total. The maximum Gasteiger partial charge on any atom is 0.323 e. The van der Waals surface area contributed by atoms with Crippen molar-refractivity contribution in [2.45, 2.75) is 19.4 Å². The van der Waals surface area contributed by atoms with Crippen molar-refractivity contribution in [2.75, 3.05) is 19.8 Å². The van der Waals surface area contributed by atoms with Crippen molar-refractivity contribution in [3.63, 3.8) is 0 Å². The van der Waals surface area contributed by atoms with Crippen LogP contribution in [0, 0.1) is 0 Å². The summed E-state index contributed by atoms with van der Waals surface area (Å²) in [4.78, 5) is 11.4. The van der Waals surface area contributed by atoms with Crippen molar-refractivity contribution in [3.8, 4) is 5.75 Å². The lowest BCUT2D eigenvalue weighted by Gasteiger charge is -2.11. The van der Waals surface area contributed by atoms with Gasteiger partial charge < -0.3 is 20.3 Å². The molecule has 1 aromatic carbocycles. The fourth-order valence-corrected chi connectivity index (χ4v) is 1.52. The first-order chi connectivity index (χ1) is 8.67. The molecule has 1 rings (SSSR count). The molecule has 0 amide bonds. The van der Waals surface area contributed by atoms with Crippen LogP contribution >= 0.6 is 0 Å². The lowest BCUT2D eigenvalue weighted by atomic mass is 10.1. The van der Waals surface area contributed by atoms with E-state index in [9.17, 15) is 4.79 Å². The molecule has 0 bridgehead atoms. The van der Waals surface area contributed by atoms with Gasteiger partial charge in [-0.05, 0) is 31.0 Å². The summed E-state index contributed by atoms with van der Waals surface area (Å²) in [7, 11) is 0.